The third-order valence-electron chi connectivity index (χ3n) is 2.90. The van der Waals surface area contributed by atoms with Crippen molar-refractivity contribution >= 4 is 11.8 Å². The number of unbranched alkanes of at least 4 members (excludes halogenated alkanes) is 1. The highest BCUT2D eigenvalue weighted by Crippen LogP contribution is 2.15. The molecule has 0 bridgehead atoms. The van der Waals surface area contributed by atoms with E-state index >= 15 is 0 Å². The maximum absolute atomic E-state index is 2.25. The predicted octanol–water partition coefficient (Wildman–Crippen LogP) is 3.27. The van der Waals surface area contributed by atoms with Gasteiger partial charge >= 0.3 is 0 Å². The second-order valence-corrected chi connectivity index (χ2v) is 5.44. The van der Waals surface area contributed by atoms with Crippen molar-refractivity contribution in [3.63, 3.8) is 0 Å². The summed E-state index contributed by atoms with van der Waals surface area (Å²) in [5.74, 6) is 0. The topological polar surface area (TPSA) is 6.25 Å². The van der Waals surface area contributed by atoms with Gasteiger partial charge in [-0.25, -0.2) is 4.58 Å². The van der Waals surface area contributed by atoms with E-state index in [-0.39, 0.29) is 0 Å². The largest absolute Gasteiger partial charge is 0.383 e. The van der Waals surface area contributed by atoms with Crippen molar-refractivity contribution < 1.29 is 4.58 Å². The summed E-state index contributed by atoms with van der Waals surface area (Å²) < 4.78 is 2.08. The molecule has 1 aromatic carbocycles. The Kier molecular flexibility index (Phi) is 6.34. The van der Waals surface area contributed by atoms with Crippen LogP contribution in [-0.2, 0) is 6.42 Å². The smallest absolute Gasteiger partial charge is 0.172 e. The van der Waals surface area contributed by atoms with E-state index in [2.05, 4.69) is 81.3 Å². The Morgan fingerprint density at radius 3 is 2.26 bits per heavy atom. The standard InChI is InChI=1S/C17H27N2/c1-6-7-8-15-9-11-16(12-10-15)17(13-18(2)3)14-19(4)5/h9-14H,6-8H2,1-5H3/q+1. The van der Waals surface area contributed by atoms with Gasteiger partial charge in [-0.05, 0) is 24.0 Å². The van der Waals surface area contributed by atoms with E-state index in [1.165, 1.54) is 36.0 Å². The van der Waals surface area contributed by atoms with Crippen LogP contribution >= 0.6 is 0 Å². The van der Waals surface area contributed by atoms with Crippen molar-refractivity contribution in [2.75, 3.05) is 28.2 Å². The second-order valence-electron chi connectivity index (χ2n) is 5.44. The van der Waals surface area contributed by atoms with Crippen molar-refractivity contribution in [3.05, 3.63) is 41.6 Å². The molecule has 2 heteroatoms. The molecule has 1 rings (SSSR count). The number of rotatable bonds is 6. The molecule has 104 valence electrons. The highest BCUT2D eigenvalue weighted by molar-refractivity contribution is 6.07. The fourth-order valence-electron chi connectivity index (χ4n) is 1.98. The van der Waals surface area contributed by atoms with Crippen LogP contribution in [0.1, 0.15) is 30.9 Å². The second kappa shape index (κ2) is 7.78. The van der Waals surface area contributed by atoms with Crippen LogP contribution in [0, 0.1) is 0 Å². The summed E-state index contributed by atoms with van der Waals surface area (Å²) >= 11 is 0. The molecule has 0 aliphatic carbocycles. The van der Waals surface area contributed by atoms with Crippen molar-refractivity contribution in [3.8, 4) is 0 Å². The minimum Gasteiger partial charge on any atom is -0.383 e. The van der Waals surface area contributed by atoms with Gasteiger partial charge in [-0.2, -0.15) is 0 Å². The quantitative estimate of drug-likeness (QED) is 0.561. The van der Waals surface area contributed by atoms with Crippen LogP contribution in [0.4, 0.5) is 0 Å². The Hall–Kier alpha value is -1.57. The number of nitrogens with zero attached hydrogens (tertiary/aromatic N) is 2. The van der Waals surface area contributed by atoms with Crippen LogP contribution in [0.2, 0.25) is 0 Å². The van der Waals surface area contributed by atoms with Gasteiger partial charge < -0.3 is 4.90 Å². The molecule has 0 spiro atoms. The fourth-order valence-corrected chi connectivity index (χ4v) is 1.98. The maximum Gasteiger partial charge on any atom is 0.172 e. The first-order valence-electron chi connectivity index (χ1n) is 7.01. The molecule has 0 aliphatic rings. The number of hydrogen-bond acceptors (Lipinski definition) is 1. The molecule has 0 amide bonds. The van der Waals surface area contributed by atoms with Gasteiger partial charge in [0.25, 0.3) is 0 Å². The van der Waals surface area contributed by atoms with Crippen molar-refractivity contribution in [1.82, 2.24) is 4.90 Å². The average Bonchev–Trinajstić information content (AvgIpc) is 2.35. The summed E-state index contributed by atoms with van der Waals surface area (Å²) in [6.07, 6.45) is 8.01. The van der Waals surface area contributed by atoms with E-state index < -0.39 is 0 Å². The molecule has 19 heavy (non-hydrogen) atoms. The first kappa shape index (κ1) is 15.5. The summed E-state index contributed by atoms with van der Waals surface area (Å²) in [6.45, 7) is 2.23. The average molecular weight is 259 g/mol. The van der Waals surface area contributed by atoms with E-state index in [1.807, 2.05) is 0 Å². The lowest BCUT2D eigenvalue weighted by Gasteiger charge is -2.09. The Morgan fingerprint density at radius 2 is 1.79 bits per heavy atom. The molecule has 0 aliphatic heterocycles. The highest BCUT2D eigenvalue weighted by Gasteiger charge is 2.04. The van der Waals surface area contributed by atoms with Gasteiger partial charge in [-0.3, -0.25) is 0 Å². The lowest BCUT2D eigenvalue weighted by molar-refractivity contribution is -0.458. The van der Waals surface area contributed by atoms with Gasteiger partial charge in [0.15, 0.2) is 6.21 Å². The Balaban J connectivity index is 2.95. The summed E-state index contributed by atoms with van der Waals surface area (Å²) in [4.78, 5) is 2.08. The van der Waals surface area contributed by atoms with Gasteiger partial charge in [-0.1, -0.05) is 37.6 Å². The lowest BCUT2D eigenvalue weighted by Crippen LogP contribution is -2.07. The zero-order chi connectivity index (χ0) is 14.3. The van der Waals surface area contributed by atoms with Crippen LogP contribution < -0.4 is 0 Å². The van der Waals surface area contributed by atoms with Gasteiger partial charge in [0.05, 0.1) is 5.57 Å². The van der Waals surface area contributed by atoms with E-state index in [1.54, 1.807) is 0 Å². The Morgan fingerprint density at radius 1 is 1.16 bits per heavy atom. The van der Waals surface area contributed by atoms with Crippen LogP contribution in [0.15, 0.2) is 30.5 Å². The molecular weight excluding hydrogens is 232 g/mol. The lowest BCUT2D eigenvalue weighted by atomic mass is 10.0. The molecule has 0 radical (unpaired) electrons. The Labute approximate surface area is 118 Å². The van der Waals surface area contributed by atoms with Gasteiger partial charge in [0, 0.05) is 20.3 Å². The molecule has 0 fully saturated rings. The molecule has 1 aromatic rings. The van der Waals surface area contributed by atoms with E-state index in [0.29, 0.717) is 0 Å². The summed E-state index contributed by atoms with van der Waals surface area (Å²) in [5, 5.41) is 0. The number of allylic oxidation sites excluding steroid dienone is 1. The molecule has 0 saturated carbocycles. The van der Waals surface area contributed by atoms with Crippen LogP contribution in [0.25, 0.3) is 5.57 Å². The normalized spacial score (nSPS) is 11.3. The molecule has 2 nitrogen and oxygen atoms in total. The van der Waals surface area contributed by atoms with Crippen molar-refractivity contribution in [2.24, 2.45) is 0 Å². The number of aryl methyl sites for hydroxylation is 1. The maximum atomic E-state index is 2.25. The SMILES string of the molecule is CCCCc1ccc(/C(C=[N+](C)C)=C\N(C)C)cc1. The monoisotopic (exact) mass is 259 g/mol. The third kappa shape index (κ3) is 5.73. The zero-order valence-corrected chi connectivity index (χ0v) is 13.0. The predicted molar refractivity (Wildman–Crippen MR) is 84.9 cm³/mol. The van der Waals surface area contributed by atoms with Crippen molar-refractivity contribution in [1.29, 1.82) is 0 Å². The third-order valence-corrected chi connectivity index (χ3v) is 2.90. The summed E-state index contributed by atoms with van der Waals surface area (Å²) in [6, 6.07) is 8.94. The molecule has 0 heterocycles. The molecule has 0 saturated heterocycles. The number of hydrogen-bond donors (Lipinski definition) is 0. The molecule has 0 atom stereocenters. The molecule has 0 aromatic heterocycles. The fraction of sp³-hybridized carbons (Fsp3) is 0.471. The molecular formula is C17H27N2+. The van der Waals surface area contributed by atoms with Gasteiger partial charge in [0.1, 0.15) is 14.1 Å². The Bertz CT molecular complexity index is 435. The first-order valence-corrected chi connectivity index (χ1v) is 7.01. The van der Waals surface area contributed by atoms with E-state index in [9.17, 15) is 0 Å². The van der Waals surface area contributed by atoms with E-state index in [0.717, 1.165) is 0 Å². The van der Waals surface area contributed by atoms with Crippen LogP contribution in [0.5, 0.6) is 0 Å². The minimum absolute atomic E-state index is 1.18. The summed E-state index contributed by atoms with van der Waals surface area (Å²) in [5.41, 5.74) is 3.93. The van der Waals surface area contributed by atoms with Crippen molar-refractivity contribution in [2.45, 2.75) is 26.2 Å². The zero-order valence-electron chi connectivity index (χ0n) is 13.0. The van der Waals surface area contributed by atoms with E-state index in [4.69, 9.17) is 0 Å². The number of benzene rings is 1. The van der Waals surface area contributed by atoms with Crippen LogP contribution in [0.3, 0.4) is 0 Å². The summed E-state index contributed by atoms with van der Waals surface area (Å²) in [7, 11) is 8.22. The highest BCUT2D eigenvalue weighted by atomic mass is 15.0. The first-order chi connectivity index (χ1) is 9.02. The van der Waals surface area contributed by atoms with Gasteiger partial charge in [-0.15, -0.1) is 0 Å². The molecule has 0 unspecified atom stereocenters. The minimum atomic E-state index is 1.18. The van der Waals surface area contributed by atoms with Crippen LogP contribution in [-0.4, -0.2) is 43.9 Å². The van der Waals surface area contributed by atoms with Gasteiger partial charge in [0.2, 0.25) is 0 Å². The molecule has 0 N–H and O–H groups in total.